The van der Waals surface area contributed by atoms with Crippen LogP contribution in [-0.4, -0.2) is 115 Å². The number of likely N-dealkylation sites (tertiary alicyclic amines) is 1. The Balaban J connectivity index is 0.941. The zero-order valence-electron chi connectivity index (χ0n) is 45.7. The standard InChI is InChI=1S/C60H67F2N8O12P/c1-2-3-24-47(66-55(74)48-33-40-32-41(25-26-45(40)64-48)60(61,62)83(79,80)81)59(78)69-35-42(34-50(69)57(76)65-46(27-29-51(63)71)54(73)68-53(38-18-11-8-12-19-38)39-20-13-9-14-21-39)82-31-15-7-5-4-6-10-17-37-22-16-23-43-44(37)36-70(58(43)77)49-28-30-52(72)67-56(49)75/h8-9,11-14,16,18-23,25-26,32-33,42,46-47,49-50,53,64H,2-7,15,24,27-31,34-36H2,1H3,(H2,63,71)(H,65,76)(H,66,74)(H,68,73)(H,67,72,75)(H2,79,80,81)/t42-,46-,47-,49?,50-/m0/s1. The number of H-pyrrole nitrogens is 1. The Kier molecular flexibility index (Phi) is 20.1. The summed E-state index contributed by atoms with van der Waals surface area (Å²) in [6, 6.07) is 22.6. The molecule has 3 aliphatic heterocycles. The fourth-order valence-electron chi connectivity index (χ4n) is 10.6. The molecule has 3 aliphatic rings. The van der Waals surface area contributed by atoms with Crippen molar-refractivity contribution in [3.63, 3.8) is 0 Å². The highest BCUT2D eigenvalue weighted by molar-refractivity contribution is 7.52. The lowest BCUT2D eigenvalue weighted by Gasteiger charge is -2.30. The SMILES string of the molecule is CCCC[C@H](NC(=O)c1cc2cc(C(F)(F)P(=O)(O)O)ccc2[nH]1)C(=O)N1C[C@@H](OCCCCCCC#Cc2cccc3c2CN(C2CCC(=O)NC2=O)C3=O)C[C@H]1C(=O)N[C@@H](CCC(N)=O)C(=O)NC(c1ccccc1)c1ccccc1. The van der Waals surface area contributed by atoms with Crippen LogP contribution in [0.4, 0.5) is 8.78 Å². The van der Waals surface area contributed by atoms with Crippen LogP contribution in [0.5, 0.6) is 0 Å². The molecule has 1 unspecified atom stereocenters. The number of amides is 8. The molecule has 20 nitrogen and oxygen atoms in total. The molecule has 0 saturated carbocycles. The highest BCUT2D eigenvalue weighted by Crippen LogP contribution is 2.59. The molecule has 8 amide bonds. The van der Waals surface area contributed by atoms with Gasteiger partial charge in [0, 0.05) is 73.0 Å². The van der Waals surface area contributed by atoms with Crippen molar-refractivity contribution in [1.29, 1.82) is 0 Å². The third-order valence-corrected chi connectivity index (χ3v) is 16.1. The predicted octanol–water partition coefficient (Wildman–Crippen LogP) is 6.09. The zero-order valence-corrected chi connectivity index (χ0v) is 46.6. The fraction of sp³-hybridized carbons (Fsp3) is 0.400. The number of halogens is 2. The minimum Gasteiger partial charge on any atom is -0.376 e. The van der Waals surface area contributed by atoms with Crippen LogP contribution in [0.3, 0.4) is 0 Å². The summed E-state index contributed by atoms with van der Waals surface area (Å²) < 4.78 is 47.3. The van der Waals surface area contributed by atoms with Gasteiger partial charge in [0.1, 0.15) is 29.9 Å². The lowest BCUT2D eigenvalue weighted by Crippen LogP contribution is -2.56. The summed E-state index contributed by atoms with van der Waals surface area (Å²) in [5.74, 6) is 1.80. The molecule has 0 aliphatic carbocycles. The summed E-state index contributed by atoms with van der Waals surface area (Å²) >= 11 is 0. The molecule has 438 valence electrons. The summed E-state index contributed by atoms with van der Waals surface area (Å²) in [6.07, 6.45) is 4.02. The van der Waals surface area contributed by atoms with Crippen LogP contribution in [0.15, 0.2) is 103 Å². The Morgan fingerprint density at radius 1 is 0.855 bits per heavy atom. The van der Waals surface area contributed by atoms with Crippen LogP contribution in [0.1, 0.15) is 145 Å². The molecule has 2 fully saturated rings. The van der Waals surface area contributed by atoms with Crippen LogP contribution in [0, 0.1) is 11.8 Å². The van der Waals surface area contributed by atoms with Crippen molar-refractivity contribution in [3.05, 3.63) is 142 Å². The van der Waals surface area contributed by atoms with E-state index in [1.54, 1.807) is 12.1 Å². The largest absolute Gasteiger partial charge is 0.399 e. The number of aromatic nitrogens is 1. The minimum atomic E-state index is -5.90. The Morgan fingerprint density at radius 2 is 1.57 bits per heavy atom. The molecule has 5 aromatic rings. The van der Waals surface area contributed by atoms with Gasteiger partial charge >= 0.3 is 13.3 Å². The van der Waals surface area contributed by atoms with E-state index in [1.165, 1.54) is 15.9 Å². The molecule has 0 spiro atoms. The number of fused-ring (bicyclic) bond motifs is 2. The van der Waals surface area contributed by atoms with E-state index in [0.29, 0.717) is 36.8 Å². The average molecular weight is 1160 g/mol. The van der Waals surface area contributed by atoms with E-state index in [-0.39, 0.29) is 86.6 Å². The van der Waals surface area contributed by atoms with E-state index in [4.69, 9.17) is 10.5 Å². The smallest absolute Gasteiger partial charge is 0.376 e. The highest BCUT2D eigenvalue weighted by atomic mass is 31.2. The molecule has 0 radical (unpaired) electrons. The lowest BCUT2D eigenvalue weighted by atomic mass is 9.98. The topological polar surface area (TPSA) is 300 Å². The number of primary amides is 1. The summed E-state index contributed by atoms with van der Waals surface area (Å²) in [4.78, 5) is 132. The van der Waals surface area contributed by atoms with Gasteiger partial charge in [0.2, 0.25) is 35.4 Å². The van der Waals surface area contributed by atoms with Gasteiger partial charge < -0.3 is 51.0 Å². The molecular weight excluding hydrogens is 1090 g/mol. The molecule has 4 heterocycles. The third kappa shape index (κ3) is 14.9. The summed E-state index contributed by atoms with van der Waals surface area (Å²) in [5, 5.41) is 10.9. The minimum absolute atomic E-state index is 0.00604. The maximum absolute atomic E-state index is 14.9. The number of benzene rings is 4. The number of nitrogens with one attached hydrogen (secondary N) is 5. The number of rotatable bonds is 25. The van der Waals surface area contributed by atoms with Crippen LogP contribution in [0.2, 0.25) is 0 Å². The summed E-state index contributed by atoms with van der Waals surface area (Å²) in [6.45, 7) is 2.29. The van der Waals surface area contributed by atoms with Crippen molar-refractivity contribution in [1.82, 2.24) is 36.1 Å². The van der Waals surface area contributed by atoms with E-state index >= 15 is 0 Å². The number of piperidine rings is 1. The Labute approximate surface area is 478 Å². The molecule has 1 aromatic heterocycles. The van der Waals surface area contributed by atoms with E-state index in [0.717, 1.165) is 54.2 Å². The summed E-state index contributed by atoms with van der Waals surface area (Å²) in [7, 11) is -5.90. The maximum Gasteiger partial charge on any atom is 0.399 e. The fourth-order valence-corrected chi connectivity index (χ4v) is 11.1. The first-order valence-corrected chi connectivity index (χ1v) is 29.4. The predicted molar refractivity (Wildman–Crippen MR) is 301 cm³/mol. The quantitative estimate of drug-likeness (QED) is 0.0143. The van der Waals surface area contributed by atoms with Gasteiger partial charge in [-0.3, -0.25) is 48.2 Å². The molecule has 8 rings (SSSR count). The average Bonchev–Trinajstić information content (AvgIpc) is 4.37. The van der Waals surface area contributed by atoms with Crippen molar-refractivity contribution >= 4 is 65.8 Å². The van der Waals surface area contributed by atoms with Crippen LogP contribution < -0.4 is 27.0 Å². The van der Waals surface area contributed by atoms with Gasteiger partial charge in [0.25, 0.3) is 11.8 Å². The van der Waals surface area contributed by atoms with Gasteiger partial charge in [0.15, 0.2) is 0 Å². The third-order valence-electron chi connectivity index (χ3n) is 15.1. The Hall–Kier alpha value is -8.09. The van der Waals surface area contributed by atoms with E-state index in [9.17, 15) is 61.5 Å². The van der Waals surface area contributed by atoms with Crippen molar-refractivity contribution < 1.29 is 66.2 Å². The van der Waals surface area contributed by atoms with Gasteiger partial charge in [0.05, 0.1) is 12.1 Å². The number of carbonyl (C=O) groups excluding carboxylic acids is 8. The Morgan fingerprint density at radius 3 is 2.24 bits per heavy atom. The van der Waals surface area contributed by atoms with Crippen LogP contribution in [-0.2, 0) is 50.3 Å². The molecule has 0 bridgehead atoms. The van der Waals surface area contributed by atoms with Crippen molar-refractivity contribution in [2.45, 2.75) is 139 Å². The van der Waals surface area contributed by atoms with Gasteiger partial charge in [-0.2, -0.15) is 8.78 Å². The number of alkyl halides is 2. The number of hydrogen-bond donors (Lipinski definition) is 8. The maximum atomic E-state index is 14.9. The molecule has 9 N–H and O–H groups in total. The number of nitrogens with zero attached hydrogens (tertiary/aromatic N) is 2. The number of carbonyl (C=O) groups is 8. The number of unbranched alkanes of at least 4 members (excludes halogenated alkanes) is 5. The van der Waals surface area contributed by atoms with E-state index in [1.807, 2.05) is 73.7 Å². The second kappa shape index (κ2) is 27.3. The Bertz CT molecular complexity index is 3310. The molecular formula is C60H67F2N8O12P. The summed E-state index contributed by atoms with van der Waals surface area (Å²) in [5.41, 5.74) is 3.58. The second-order valence-electron chi connectivity index (χ2n) is 21.0. The van der Waals surface area contributed by atoms with Crippen LogP contribution >= 0.6 is 7.60 Å². The first-order valence-electron chi connectivity index (χ1n) is 27.8. The van der Waals surface area contributed by atoms with E-state index < -0.39 is 90.6 Å². The first-order chi connectivity index (χ1) is 39.7. The normalized spacial score (nSPS) is 17.8. The number of hydrogen-bond acceptors (Lipinski definition) is 10. The number of ether oxygens (including phenoxy) is 1. The molecule has 4 aromatic carbocycles. The van der Waals surface area contributed by atoms with Gasteiger partial charge in [-0.15, -0.1) is 0 Å². The zero-order chi connectivity index (χ0) is 59.4. The molecule has 5 atom stereocenters. The molecule has 23 heteroatoms. The van der Waals surface area contributed by atoms with Gasteiger partial charge in [-0.25, -0.2) is 0 Å². The van der Waals surface area contributed by atoms with Gasteiger partial charge in [-0.1, -0.05) is 117 Å². The van der Waals surface area contributed by atoms with Crippen LogP contribution in [0.25, 0.3) is 10.9 Å². The number of nitrogens with two attached hydrogens (primary N) is 1. The van der Waals surface area contributed by atoms with Crippen molar-refractivity contribution in [2.75, 3.05) is 13.2 Å². The van der Waals surface area contributed by atoms with Crippen molar-refractivity contribution in [2.24, 2.45) is 5.73 Å². The second-order valence-corrected chi connectivity index (χ2v) is 22.6. The highest BCUT2D eigenvalue weighted by Gasteiger charge is 2.50. The van der Waals surface area contributed by atoms with Crippen molar-refractivity contribution in [3.8, 4) is 11.8 Å². The number of imide groups is 1. The lowest BCUT2D eigenvalue weighted by molar-refractivity contribution is -0.141. The monoisotopic (exact) mass is 1160 g/mol. The van der Waals surface area contributed by atoms with E-state index in [2.05, 4.69) is 38.1 Å². The molecule has 83 heavy (non-hydrogen) atoms. The first kappa shape index (κ1) is 61.0. The number of aromatic amines is 1. The molecule has 2 saturated heterocycles. The van der Waals surface area contributed by atoms with Gasteiger partial charge in [-0.05, 0) is 79.1 Å².